The van der Waals surface area contributed by atoms with E-state index in [1.807, 2.05) is 23.1 Å². The van der Waals surface area contributed by atoms with Crippen LogP contribution in [-0.2, 0) is 0 Å². The van der Waals surface area contributed by atoms with E-state index in [4.69, 9.17) is 0 Å². The third-order valence-electron chi connectivity index (χ3n) is 4.42. The van der Waals surface area contributed by atoms with Crippen LogP contribution >= 0.6 is 0 Å². The first kappa shape index (κ1) is 15.3. The van der Waals surface area contributed by atoms with Gasteiger partial charge in [0.1, 0.15) is 5.69 Å². The minimum Gasteiger partial charge on any atom is -0.368 e. The van der Waals surface area contributed by atoms with Gasteiger partial charge in [-0.3, -0.25) is 9.59 Å². The van der Waals surface area contributed by atoms with Crippen LogP contribution in [0, 0.1) is 6.92 Å². The molecule has 0 aliphatic carbocycles. The molecule has 0 bridgehead atoms. The number of nitrogens with zero attached hydrogens (tertiary/aromatic N) is 2. The summed E-state index contributed by atoms with van der Waals surface area (Å²) in [5.41, 5.74) is 2.96. The van der Waals surface area contributed by atoms with Crippen LogP contribution in [0.15, 0.2) is 36.4 Å². The Labute approximate surface area is 135 Å². The lowest BCUT2D eigenvalue weighted by molar-refractivity contribution is 0.0668. The molecule has 0 saturated carbocycles. The summed E-state index contributed by atoms with van der Waals surface area (Å²) in [4.78, 5) is 30.8. The number of carbonyl (C=O) groups is 2. The second-order valence-corrected chi connectivity index (χ2v) is 6.01. The number of benzene rings is 1. The van der Waals surface area contributed by atoms with E-state index < -0.39 is 0 Å². The highest BCUT2D eigenvalue weighted by molar-refractivity contribution is 5.95. The van der Waals surface area contributed by atoms with Crippen LogP contribution in [0.1, 0.15) is 33.5 Å². The van der Waals surface area contributed by atoms with Crippen LogP contribution in [0.3, 0.4) is 0 Å². The van der Waals surface area contributed by atoms with Gasteiger partial charge in [0, 0.05) is 42.6 Å². The molecule has 1 unspecified atom stereocenters. The lowest BCUT2D eigenvalue weighted by Crippen LogP contribution is -2.54. The monoisotopic (exact) mass is 311 g/mol. The summed E-state index contributed by atoms with van der Waals surface area (Å²) in [6, 6.07) is 12.0. The Hall–Kier alpha value is -2.56. The molecule has 120 valence electrons. The molecule has 0 radical (unpaired) electrons. The molecule has 1 aliphatic heterocycles. The topological polar surface area (TPSA) is 56.4 Å². The van der Waals surface area contributed by atoms with Gasteiger partial charge in [0.25, 0.3) is 5.91 Å². The van der Waals surface area contributed by atoms with Crippen molar-refractivity contribution in [3.8, 4) is 0 Å². The number of anilines is 1. The molecule has 1 amide bonds. The molecule has 2 aromatic rings. The summed E-state index contributed by atoms with van der Waals surface area (Å²) in [5, 5.41) is 0. The molecule has 2 heterocycles. The number of amides is 1. The number of aromatic amines is 1. The van der Waals surface area contributed by atoms with E-state index in [9.17, 15) is 9.59 Å². The van der Waals surface area contributed by atoms with Gasteiger partial charge in [-0.15, -0.1) is 0 Å². The number of aldehydes is 1. The van der Waals surface area contributed by atoms with E-state index >= 15 is 0 Å². The molecule has 1 aromatic heterocycles. The Bertz CT molecular complexity index is 708. The second-order valence-electron chi connectivity index (χ2n) is 6.01. The van der Waals surface area contributed by atoms with Crippen molar-refractivity contribution in [2.45, 2.75) is 19.9 Å². The fourth-order valence-electron chi connectivity index (χ4n) is 3.10. The van der Waals surface area contributed by atoms with Gasteiger partial charge in [0.15, 0.2) is 6.29 Å². The van der Waals surface area contributed by atoms with E-state index in [0.29, 0.717) is 17.8 Å². The SMILES string of the molecule is Cc1[nH]c(C(=O)N2CCN(c3ccccc3)CC2C)cc1C=O. The standard InChI is InChI=1S/C18H21N3O2/c1-13-11-20(16-6-4-3-5-7-16)8-9-21(13)18(23)17-10-15(12-22)14(2)19-17/h3-7,10,12-13,19H,8-9,11H2,1-2H3. The molecule has 23 heavy (non-hydrogen) atoms. The van der Waals surface area contributed by atoms with Crippen molar-refractivity contribution in [2.24, 2.45) is 0 Å². The van der Waals surface area contributed by atoms with Crippen molar-refractivity contribution in [2.75, 3.05) is 24.5 Å². The summed E-state index contributed by atoms with van der Waals surface area (Å²) >= 11 is 0. The highest BCUT2D eigenvalue weighted by Gasteiger charge is 2.29. The van der Waals surface area contributed by atoms with E-state index in [2.05, 4.69) is 28.9 Å². The van der Waals surface area contributed by atoms with Crippen molar-refractivity contribution < 1.29 is 9.59 Å². The van der Waals surface area contributed by atoms with Crippen molar-refractivity contribution >= 4 is 17.9 Å². The number of piperazine rings is 1. The number of carbonyl (C=O) groups excluding carboxylic acids is 2. The zero-order valence-electron chi connectivity index (χ0n) is 13.5. The molecule has 1 N–H and O–H groups in total. The lowest BCUT2D eigenvalue weighted by atomic mass is 10.1. The first-order chi connectivity index (χ1) is 11.1. The normalized spacial score (nSPS) is 18.1. The van der Waals surface area contributed by atoms with Crippen LogP contribution in [0.5, 0.6) is 0 Å². The third-order valence-corrected chi connectivity index (χ3v) is 4.42. The number of para-hydroxylation sites is 1. The van der Waals surface area contributed by atoms with E-state index in [1.165, 1.54) is 5.69 Å². The van der Waals surface area contributed by atoms with Crippen molar-refractivity contribution in [1.29, 1.82) is 0 Å². The predicted octanol–water partition coefficient (Wildman–Crippen LogP) is 2.49. The highest BCUT2D eigenvalue weighted by Crippen LogP contribution is 2.20. The van der Waals surface area contributed by atoms with Gasteiger partial charge in [-0.1, -0.05) is 18.2 Å². The van der Waals surface area contributed by atoms with Crippen molar-refractivity contribution in [3.05, 3.63) is 53.3 Å². The van der Waals surface area contributed by atoms with Crippen LogP contribution in [0.25, 0.3) is 0 Å². The summed E-state index contributed by atoms with van der Waals surface area (Å²) in [7, 11) is 0. The minimum atomic E-state index is -0.0404. The lowest BCUT2D eigenvalue weighted by Gasteiger charge is -2.40. The summed E-state index contributed by atoms with van der Waals surface area (Å²) in [5.74, 6) is -0.0404. The zero-order chi connectivity index (χ0) is 16.4. The Morgan fingerprint density at radius 3 is 2.61 bits per heavy atom. The number of rotatable bonds is 3. The van der Waals surface area contributed by atoms with E-state index in [0.717, 1.165) is 25.1 Å². The average molecular weight is 311 g/mol. The quantitative estimate of drug-likeness (QED) is 0.886. The fourth-order valence-corrected chi connectivity index (χ4v) is 3.10. The molecule has 1 saturated heterocycles. The Balaban J connectivity index is 1.72. The fraction of sp³-hybridized carbons (Fsp3) is 0.333. The maximum atomic E-state index is 12.7. The maximum absolute atomic E-state index is 12.7. The van der Waals surface area contributed by atoms with Gasteiger partial charge >= 0.3 is 0 Å². The van der Waals surface area contributed by atoms with Crippen LogP contribution in [0.2, 0.25) is 0 Å². The maximum Gasteiger partial charge on any atom is 0.270 e. The van der Waals surface area contributed by atoms with Crippen molar-refractivity contribution in [1.82, 2.24) is 9.88 Å². The van der Waals surface area contributed by atoms with Gasteiger partial charge in [0.05, 0.1) is 0 Å². The Kier molecular flexibility index (Phi) is 4.19. The number of hydrogen-bond acceptors (Lipinski definition) is 3. The molecule has 5 nitrogen and oxygen atoms in total. The van der Waals surface area contributed by atoms with Gasteiger partial charge in [-0.05, 0) is 32.0 Å². The van der Waals surface area contributed by atoms with E-state index in [-0.39, 0.29) is 11.9 Å². The average Bonchev–Trinajstić information content (AvgIpc) is 2.96. The Morgan fingerprint density at radius 2 is 2.00 bits per heavy atom. The van der Waals surface area contributed by atoms with Crippen LogP contribution in [0.4, 0.5) is 5.69 Å². The summed E-state index contributed by atoms with van der Waals surface area (Å²) in [6.45, 7) is 6.14. The van der Waals surface area contributed by atoms with Gasteiger partial charge in [-0.25, -0.2) is 0 Å². The number of H-pyrrole nitrogens is 1. The first-order valence-corrected chi connectivity index (χ1v) is 7.86. The molecule has 0 spiro atoms. The highest BCUT2D eigenvalue weighted by atomic mass is 16.2. The first-order valence-electron chi connectivity index (χ1n) is 7.86. The smallest absolute Gasteiger partial charge is 0.270 e. The largest absolute Gasteiger partial charge is 0.368 e. The zero-order valence-corrected chi connectivity index (χ0v) is 13.5. The molecule has 1 atom stereocenters. The number of aromatic nitrogens is 1. The van der Waals surface area contributed by atoms with Gasteiger partial charge < -0.3 is 14.8 Å². The Morgan fingerprint density at radius 1 is 1.26 bits per heavy atom. The van der Waals surface area contributed by atoms with Gasteiger partial charge in [-0.2, -0.15) is 0 Å². The number of nitrogens with one attached hydrogen (secondary N) is 1. The minimum absolute atomic E-state index is 0.0404. The van der Waals surface area contributed by atoms with E-state index in [1.54, 1.807) is 13.0 Å². The second kappa shape index (κ2) is 6.28. The van der Waals surface area contributed by atoms with Crippen LogP contribution < -0.4 is 4.90 Å². The number of hydrogen-bond donors (Lipinski definition) is 1. The molecule has 1 aromatic carbocycles. The van der Waals surface area contributed by atoms with Crippen LogP contribution in [-0.4, -0.2) is 47.8 Å². The molecule has 5 heteroatoms. The molecule has 3 rings (SSSR count). The molecular formula is C18H21N3O2. The summed E-state index contributed by atoms with van der Waals surface area (Å²) < 4.78 is 0. The molecule has 1 fully saturated rings. The number of aryl methyl sites for hydroxylation is 1. The molecule has 1 aliphatic rings. The summed E-state index contributed by atoms with van der Waals surface area (Å²) in [6.07, 6.45) is 0.777. The molecular weight excluding hydrogens is 290 g/mol. The third kappa shape index (κ3) is 2.99. The van der Waals surface area contributed by atoms with Gasteiger partial charge in [0.2, 0.25) is 0 Å². The van der Waals surface area contributed by atoms with Crippen molar-refractivity contribution in [3.63, 3.8) is 0 Å². The predicted molar refractivity (Wildman–Crippen MR) is 90.1 cm³/mol.